The van der Waals surface area contributed by atoms with Crippen LogP contribution >= 0.6 is 11.3 Å². The second kappa shape index (κ2) is 3.28. The molecule has 2 heterocycles. The molecule has 82 valence electrons. The van der Waals surface area contributed by atoms with E-state index in [-0.39, 0.29) is 5.13 Å². The zero-order valence-corrected chi connectivity index (χ0v) is 9.88. The monoisotopic (exact) mass is 234 g/mol. The number of fused-ring (bicyclic) bond motifs is 3. The van der Waals surface area contributed by atoms with Gasteiger partial charge in [0.15, 0.2) is 5.13 Å². The van der Waals surface area contributed by atoms with Gasteiger partial charge in [0.25, 0.3) is 0 Å². The summed E-state index contributed by atoms with van der Waals surface area (Å²) < 4.78 is 16.1. The van der Waals surface area contributed by atoms with Crippen LogP contribution in [-0.2, 0) is 0 Å². The molecule has 0 radical (unpaired) electrons. The van der Waals surface area contributed by atoms with Crippen molar-refractivity contribution in [1.82, 2.24) is 9.78 Å². The third-order valence-electron chi connectivity index (χ3n) is 2.69. The molecule has 3 aromatic rings. The number of halogens is 1. The topological polar surface area (TPSA) is 17.8 Å². The average Bonchev–Trinajstić information content (AvgIpc) is 2.77. The molecule has 0 aliphatic rings. The largest absolute Gasteiger partial charge is 0.269 e. The molecule has 1 aromatic carbocycles. The van der Waals surface area contributed by atoms with Gasteiger partial charge in [0.2, 0.25) is 0 Å². The van der Waals surface area contributed by atoms with E-state index in [1.54, 1.807) is 6.07 Å². The summed E-state index contributed by atoms with van der Waals surface area (Å²) in [5.41, 5.74) is 0.933. The van der Waals surface area contributed by atoms with Crippen molar-refractivity contribution >= 4 is 32.3 Å². The van der Waals surface area contributed by atoms with Crippen molar-refractivity contribution < 1.29 is 4.39 Å². The van der Waals surface area contributed by atoms with Gasteiger partial charge in [-0.05, 0) is 31.4 Å². The lowest BCUT2D eigenvalue weighted by Crippen LogP contribution is -1.99. The molecule has 0 bridgehead atoms. The molecule has 0 atom stereocenters. The second-order valence-electron chi connectivity index (χ2n) is 4.17. The van der Waals surface area contributed by atoms with Crippen LogP contribution < -0.4 is 0 Å². The van der Waals surface area contributed by atoms with Crippen LogP contribution in [0.3, 0.4) is 0 Å². The molecule has 0 fully saturated rings. The fourth-order valence-electron chi connectivity index (χ4n) is 1.84. The smallest absolute Gasteiger partial charge is 0.177 e. The van der Waals surface area contributed by atoms with Crippen molar-refractivity contribution in [3.8, 4) is 0 Å². The van der Waals surface area contributed by atoms with E-state index in [1.807, 2.05) is 23.0 Å². The van der Waals surface area contributed by atoms with E-state index >= 15 is 0 Å². The first-order valence-electron chi connectivity index (χ1n) is 5.22. The minimum Gasteiger partial charge on any atom is -0.269 e. The zero-order valence-electron chi connectivity index (χ0n) is 9.07. The summed E-state index contributed by atoms with van der Waals surface area (Å²) in [5, 5.41) is 6.33. The molecule has 2 aromatic heterocycles. The van der Waals surface area contributed by atoms with Crippen LogP contribution in [0.5, 0.6) is 0 Å². The van der Waals surface area contributed by atoms with Crippen LogP contribution in [0.4, 0.5) is 4.39 Å². The van der Waals surface area contributed by atoms with Crippen molar-refractivity contribution in [2.75, 3.05) is 0 Å². The molecular formula is C12H11FN2S. The van der Waals surface area contributed by atoms with E-state index in [1.165, 1.54) is 11.3 Å². The van der Waals surface area contributed by atoms with Gasteiger partial charge in [-0.25, -0.2) is 0 Å². The lowest BCUT2D eigenvalue weighted by Gasteiger charge is -2.02. The summed E-state index contributed by atoms with van der Waals surface area (Å²) in [6.07, 6.45) is 2.00. The number of thiophene rings is 1. The van der Waals surface area contributed by atoms with Gasteiger partial charge in [0.05, 0.1) is 5.52 Å². The highest BCUT2D eigenvalue weighted by Crippen LogP contribution is 2.31. The van der Waals surface area contributed by atoms with Gasteiger partial charge in [-0.2, -0.15) is 9.49 Å². The number of hydrogen-bond donors (Lipinski definition) is 0. The lowest BCUT2D eigenvalue weighted by atomic mass is 10.2. The van der Waals surface area contributed by atoms with Crippen LogP contribution in [0.15, 0.2) is 24.4 Å². The maximum absolute atomic E-state index is 13.2. The highest BCUT2D eigenvalue weighted by Gasteiger charge is 2.09. The summed E-state index contributed by atoms with van der Waals surface area (Å²) in [6.45, 7) is 4.16. The summed E-state index contributed by atoms with van der Waals surface area (Å²) in [5.74, 6) is 0. The Morgan fingerprint density at radius 1 is 1.38 bits per heavy atom. The number of aromatic nitrogens is 2. The first kappa shape index (κ1) is 9.78. The van der Waals surface area contributed by atoms with Crippen LogP contribution in [0.2, 0.25) is 0 Å². The van der Waals surface area contributed by atoms with Crippen molar-refractivity contribution in [3.63, 3.8) is 0 Å². The van der Waals surface area contributed by atoms with Crippen molar-refractivity contribution in [1.29, 1.82) is 0 Å². The standard InChI is InChI=1S/C12H11FN2S/c1-7(2)15-6-9-10(14-15)4-3-8-5-11(13)16-12(8)9/h3-7H,1-2H3. The van der Waals surface area contributed by atoms with E-state index in [0.717, 1.165) is 21.0 Å². The Hall–Kier alpha value is -1.42. The van der Waals surface area contributed by atoms with E-state index in [4.69, 9.17) is 0 Å². The van der Waals surface area contributed by atoms with E-state index < -0.39 is 0 Å². The van der Waals surface area contributed by atoms with Crippen LogP contribution in [-0.4, -0.2) is 9.78 Å². The summed E-state index contributed by atoms with van der Waals surface area (Å²) in [4.78, 5) is 0. The molecule has 0 unspecified atom stereocenters. The molecule has 3 rings (SSSR count). The predicted octanol–water partition coefficient (Wildman–Crippen LogP) is 3.97. The fourth-order valence-corrected chi connectivity index (χ4v) is 2.74. The summed E-state index contributed by atoms with van der Waals surface area (Å²) in [7, 11) is 0. The average molecular weight is 234 g/mol. The normalized spacial score (nSPS) is 12.0. The number of benzene rings is 1. The molecule has 0 saturated carbocycles. The maximum Gasteiger partial charge on any atom is 0.177 e. The van der Waals surface area contributed by atoms with Gasteiger partial charge < -0.3 is 0 Å². The molecule has 0 amide bonds. The molecule has 0 spiro atoms. The Balaban J connectivity index is 2.40. The number of nitrogens with zero attached hydrogens (tertiary/aromatic N) is 2. The molecule has 4 heteroatoms. The Morgan fingerprint density at radius 2 is 2.19 bits per heavy atom. The third-order valence-corrected chi connectivity index (χ3v) is 3.66. The lowest BCUT2D eigenvalue weighted by molar-refractivity contribution is 0.537. The molecule has 0 aliphatic carbocycles. The highest BCUT2D eigenvalue weighted by molar-refractivity contribution is 7.18. The number of hydrogen-bond acceptors (Lipinski definition) is 2. The summed E-state index contributed by atoms with van der Waals surface area (Å²) >= 11 is 1.19. The Kier molecular flexibility index (Phi) is 2.01. The molecular weight excluding hydrogens is 223 g/mol. The predicted molar refractivity (Wildman–Crippen MR) is 65.5 cm³/mol. The first-order chi connectivity index (χ1) is 7.65. The molecule has 0 aliphatic heterocycles. The van der Waals surface area contributed by atoms with Crippen molar-refractivity contribution in [2.45, 2.75) is 19.9 Å². The quantitative estimate of drug-likeness (QED) is 0.623. The van der Waals surface area contributed by atoms with Gasteiger partial charge in [0.1, 0.15) is 0 Å². The van der Waals surface area contributed by atoms with Crippen molar-refractivity contribution in [3.05, 3.63) is 29.5 Å². The van der Waals surface area contributed by atoms with E-state index in [0.29, 0.717) is 6.04 Å². The Labute approximate surface area is 96.3 Å². The van der Waals surface area contributed by atoms with Crippen LogP contribution in [0.25, 0.3) is 21.0 Å². The SMILES string of the molecule is CC(C)n1cc2c(ccc3cc(F)sc32)n1. The highest BCUT2D eigenvalue weighted by atomic mass is 32.1. The van der Waals surface area contributed by atoms with Gasteiger partial charge in [0, 0.05) is 22.3 Å². The summed E-state index contributed by atoms with van der Waals surface area (Å²) in [6, 6.07) is 5.77. The first-order valence-corrected chi connectivity index (χ1v) is 6.04. The molecule has 2 nitrogen and oxygen atoms in total. The van der Waals surface area contributed by atoms with Gasteiger partial charge in [-0.3, -0.25) is 4.68 Å². The van der Waals surface area contributed by atoms with E-state index in [2.05, 4.69) is 18.9 Å². The molecule has 0 saturated heterocycles. The Morgan fingerprint density at radius 3 is 2.94 bits per heavy atom. The van der Waals surface area contributed by atoms with Crippen molar-refractivity contribution in [2.24, 2.45) is 0 Å². The van der Waals surface area contributed by atoms with Gasteiger partial charge in [-0.15, -0.1) is 11.3 Å². The Bertz CT molecular complexity index is 666. The third kappa shape index (κ3) is 1.33. The van der Waals surface area contributed by atoms with Crippen LogP contribution in [0.1, 0.15) is 19.9 Å². The zero-order chi connectivity index (χ0) is 11.3. The van der Waals surface area contributed by atoms with Gasteiger partial charge in [-0.1, -0.05) is 6.07 Å². The minimum absolute atomic E-state index is 0.139. The maximum atomic E-state index is 13.2. The van der Waals surface area contributed by atoms with E-state index in [9.17, 15) is 4.39 Å². The molecule has 0 N–H and O–H groups in total. The minimum atomic E-state index is -0.139. The second-order valence-corrected chi connectivity index (χ2v) is 5.17. The molecule has 16 heavy (non-hydrogen) atoms. The fraction of sp³-hybridized carbons (Fsp3) is 0.250. The van der Waals surface area contributed by atoms with Crippen LogP contribution in [0, 0.1) is 5.13 Å². The van der Waals surface area contributed by atoms with Gasteiger partial charge >= 0.3 is 0 Å². The number of rotatable bonds is 1.